The summed E-state index contributed by atoms with van der Waals surface area (Å²) < 4.78 is 74.9. The lowest BCUT2D eigenvalue weighted by Crippen LogP contribution is -2.64. The van der Waals surface area contributed by atoms with Crippen LogP contribution in [0.1, 0.15) is 188 Å². The Kier molecular flexibility index (Phi) is 55.7. The Morgan fingerprint density at radius 3 is 1.00 bits per heavy atom. The van der Waals surface area contributed by atoms with Crippen molar-refractivity contribution in [2.45, 2.75) is 297 Å². The molecule has 0 spiro atoms. The van der Waals surface area contributed by atoms with E-state index in [1.165, 1.54) is 34.5 Å². The third-order valence-corrected chi connectivity index (χ3v) is 22.3. The molecule has 0 bridgehead atoms. The van der Waals surface area contributed by atoms with E-state index in [2.05, 4.69) is 53.2 Å². The Labute approximate surface area is 730 Å². The van der Waals surface area contributed by atoms with Gasteiger partial charge in [-0.1, -0.05) is 38.5 Å². The molecule has 11 amide bonds. The molecule has 0 radical (unpaired) electrons. The van der Waals surface area contributed by atoms with Crippen LogP contribution >= 0.6 is 7.60 Å². The van der Waals surface area contributed by atoms with Gasteiger partial charge in [0.05, 0.1) is 78.2 Å². The molecule has 44 nitrogen and oxygen atoms in total. The van der Waals surface area contributed by atoms with E-state index >= 15 is 0 Å². The minimum atomic E-state index is -3.28. The minimum absolute atomic E-state index is 0.0130. The zero-order chi connectivity index (χ0) is 92.1. The van der Waals surface area contributed by atoms with Crippen LogP contribution in [0, 0.1) is 0 Å². The molecule has 125 heavy (non-hydrogen) atoms. The predicted molar refractivity (Wildman–Crippen MR) is 443 cm³/mol. The van der Waals surface area contributed by atoms with Crippen LogP contribution in [0.5, 0.6) is 0 Å². The summed E-state index contributed by atoms with van der Waals surface area (Å²) in [6, 6.07) is -3.73. The molecule has 0 aliphatic carbocycles. The first-order valence-electron chi connectivity index (χ1n) is 43.7. The number of carbonyl (C=O) groups excluding carboxylic acids is 11. The van der Waals surface area contributed by atoms with Gasteiger partial charge in [-0.05, 0) is 77.0 Å². The van der Waals surface area contributed by atoms with Gasteiger partial charge in [-0.25, -0.2) is 0 Å². The second-order valence-corrected chi connectivity index (χ2v) is 34.0. The molecule has 722 valence electrons. The molecule has 20 N–H and O–H groups in total. The smallest absolute Gasteiger partial charge is 0.327 e. The lowest BCUT2D eigenvalue weighted by Gasteiger charge is -2.42. The van der Waals surface area contributed by atoms with E-state index in [4.69, 9.17) is 51.7 Å². The SMILES string of the molecule is COP(C)(=O)OCC1CC(O)CN1C(=O)CCCCCCCCCCC(=O)NC(COCCC(=O)NCCCNC(=O)CCCCOC1OC(CO)C(O)C(O)C1NC(C)=O)(COCCC(=O)NCCCNC(=O)CCCCOC1OC(CO)C(O)C(O)C1NC(C)=O)COCCC(=O)NCCCNC(=O)CCCCOC1OC(CO)C(O)C(O)C1NC(C)=O. The topological polar surface area (TPSA) is 632 Å². The summed E-state index contributed by atoms with van der Waals surface area (Å²) >= 11 is 0. The Balaban J connectivity index is 1.31. The standard InChI is InChI=1S/C80H144N11O33P/c1-52(95)87-68-74(110)71(107)57(45-92)122-77(68)118-37-17-14-23-60(99)81-31-20-34-84-63(102)28-40-115-49-80(90-66(105)26-12-10-8-6-7-9-11-13-27-67(106)91-44-56(98)43-55(91)48-121-125(5,113)114-4,50-116-41-29-64(103)85-35-21-32-82-61(100)24-15-18-38-119-78-69(88-53(2)96)75(111)72(108)58(46-93)123-78)51-117-42-30-65(104)86-36-22-33-83-62(101)25-16-19-39-120-79-70(89-54(3)97)76(112)73(109)59(47-94)124-79/h55-59,68-79,92-94,98,107-112H,6-51H2,1-5H3,(H,81,99)(H,82,100)(H,83,101)(H,84,102)(H,85,103)(H,86,104)(H,87,95)(H,88,96)(H,89,97)(H,90,105). The molecule has 4 saturated heterocycles. The fourth-order valence-electron chi connectivity index (χ4n) is 14.0. The number of rotatable bonds is 67. The Hall–Kier alpha value is -6.44. The summed E-state index contributed by atoms with van der Waals surface area (Å²) in [7, 11) is -2.00. The summed E-state index contributed by atoms with van der Waals surface area (Å²) in [5.41, 5.74) is -1.45. The molecule has 4 aliphatic heterocycles. The number of hydrogen-bond donors (Lipinski definition) is 20. The lowest BCUT2D eigenvalue weighted by atomic mass is 9.97. The third kappa shape index (κ3) is 45.1. The molecule has 0 aromatic heterocycles. The van der Waals surface area contributed by atoms with Crippen molar-refractivity contribution in [3.63, 3.8) is 0 Å². The van der Waals surface area contributed by atoms with Gasteiger partial charge in [0.1, 0.15) is 78.6 Å². The maximum absolute atomic E-state index is 14.1. The van der Waals surface area contributed by atoms with E-state index in [1.807, 2.05) is 0 Å². The molecule has 4 rings (SSSR count). The van der Waals surface area contributed by atoms with Gasteiger partial charge in [0.15, 0.2) is 18.9 Å². The largest absolute Gasteiger partial charge is 0.394 e. The van der Waals surface area contributed by atoms with Gasteiger partial charge in [0, 0.05) is 152 Å². The van der Waals surface area contributed by atoms with E-state index in [0.717, 1.165) is 32.1 Å². The molecular weight excluding hydrogens is 1670 g/mol. The van der Waals surface area contributed by atoms with Crippen LogP contribution in [0.15, 0.2) is 0 Å². The first kappa shape index (κ1) is 111. The van der Waals surface area contributed by atoms with E-state index in [1.54, 1.807) is 4.90 Å². The third-order valence-electron chi connectivity index (χ3n) is 21.0. The van der Waals surface area contributed by atoms with Crippen molar-refractivity contribution in [3.05, 3.63) is 0 Å². The van der Waals surface area contributed by atoms with Crippen LogP contribution in [0.3, 0.4) is 0 Å². The molecule has 4 aliphatic rings. The maximum Gasteiger partial charge on any atom is 0.327 e. The molecular formula is C80H144N11O33P. The van der Waals surface area contributed by atoms with Crippen molar-refractivity contribution < 1.29 is 160 Å². The van der Waals surface area contributed by atoms with Crippen LogP contribution < -0.4 is 53.2 Å². The van der Waals surface area contributed by atoms with E-state index in [9.17, 15) is 108 Å². The summed E-state index contributed by atoms with van der Waals surface area (Å²) in [6.45, 7) is 3.61. The predicted octanol–water partition coefficient (Wildman–Crippen LogP) is -4.33. The fourth-order valence-corrected chi connectivity index (χ4v) is 14.6. The maximum atomic E-state index is 14.1. The number of nitrogens with zero attached hydrogens (tertiary/aromatic N) is 1. The van der Waals surface area contributed by atoms with Gasteiger partial charge < -0.3 is 161 Å². The monoisotopic (exact) mass is 1820 g/mol. The van der Waals surface area contributed by atoms with Crippen molar-refractivity contribution in [2.24, 2.45) is 0 Å². The Bertz CT molecular complexity index is 2980. The highest BCUT2D eigenvalue weighted by molar-refractivity contribution is 7.52. The van der Waals surface area contributed by atoms with E-state index < -0.39 is 155 Å². The average Bonchev–Trinajstić information content (AvgIpc) is 1.57. The van der Waals surface area contributed by atoms with Crippen LogP contribution in [0.2, 0.25) is 0 Å². The Morgan fingerprint density at radius 1 is 0.392 bits per heavy atom. The number of carbonyl (C=O) groups is 11. The first-order valence-corrected chi connectivity index (χ1v) is 45.7. The molecule has 4 fully saturated rings. The number of likely N-dealkylation sites (tertiary alicyclic amines) is 1. The highest BCUT2D eigenvalue weighted by Crippen LogP contribution is 2.43. The molecule has 0 saturated carbocycles. The molecule has 18 atom stereocenters. The van der Waals surface area contributed by atoms with Crippen molar-refractivity contribution in [1.29, 1.82) is 0 Å². The van der Waals surface area contributed by atoms with Gasteiger partial charge in [-0.15, -0.1) is 0 Å². The van der Waals surface area contributed by atoms with Gasteiger partial charge in [0.2, 0.25) is 65.0 Å². The molecule has 0 aromatic rings. The number of ether oxygens (including phenoxy) is 9. The summed E-state index contributed by atoms with van der Waals surface area (Å²) in [5.74, 6) is -3.94. The van der Waals surface area contributed by atoms with Gasteiger partial charge in [-0.2, -0.15) is 0 Å². The van der Waals surface area contributed by atoms with Crippen molar-refractivity contribution in [3.8, 4) is 0 Å². The first-order chi connectivity index (χ1) is 59.8. The van der Waals surface area contributed by atoms with E-state index in [-0.39, 0.29) is 211 Å². The van der Waals surface area contributed by atoms with Gasteiger partial charge in [0.25, 0.3) is 0 Å². The number of amides is 11. The van der Waals surface area contributed by atoms with Crippen molar-refractivity contribution in [2.75, 3.05) is 145 Å². The second-order valence-electron chi connectivity index (χ2n) is 31.8. The highest BCUT2D eigenvalue weighted by atomic mass is 31.2. The number of β-amino-alcohol motifs (C(OH)–C–C–N with tert-alkyl or cyclic N) is 1. The van der Waals surface area contributed by atoms with Gasteiger partial charge >= 0.3 is 7.60 Å². The zero-order valence-corrected chi connectivity index (χ0v) is 74.0. The summed E-state index contributed by atoms with van der Waals surface area (Å²) in [6.07, 6.45) is -6.25. The van der Waals surface area contributed by atoms with E-state index in [0.29, 0.717) is 83.5 Å². The van der Waals surface area contributed by atoms with Crippen LogP contribution in [0.4, 0.5) is 0 Å². The lowest BCUT2D eigenvalue weighted by molar-refractivity contribution is -0.270. The van der Waals surface area contributed by atoms with Gasteiger partial charge in [-0.3, -0.25) is 57.3 Å². The summed E-state index contributed by atoms with van der Waals surface area (Å²) in [5, 5.41) is 129. The fraction of sp³-hybridized carbons (Fsp3) is 0.863. The highest BCUT2D eigenvalue weighted by Gasteiger charge is 2.48. The molecule has 45 heteroatoms. The minimum Gasteiger partial charge on any atom is -0.394 e. The average molecular weight is 1820 g/mol. The summed E-state index contributed by atoms with van der Waals surface area (Å²) in [4.78, 5) is 142. The number of aliphatic hydroxyl groups excluding tert-OH is 10. The van der Waals surface area contributed by atoms with Crippen LogP contribution in [-0.4, -0.2) is 376 Å². The quantitative estimate of drug-likeness (QED) is 0.0202. The molecule has 18 unspecified atom stereocenters. The normalized spacial score (nSPS) is 25.2. The number of aliphatic hydroxyl groups is 10. The van der Waals surface area contributed by atoms with Crippen LogP contribution in [0.25, 0.3) is 0 Å². The number of hydrogen-bond acceptors (Lipinski definition) is 33. The zero-order valence-electron chi connectivity index (χ0n) is 73.1. The molecule has 4 heterocycles. The number of unbranched alkanes of at least 4 members (excludes halogenated alkanes) is 10. The Morgan fingerprint density at radius 2 is 0.688 bits per heavy atom. The van der Waals surface area contributed by atoms with Crippen molar-refractivity contribution >= 4 is 72.6 Å². The molecule has 0 aromatic carbocycles. The number of nitrogens with one attached hydrogen (secondary N) is 10. The second kappa shape index (κ2) is 62.7. The van der Waals surface area contributed by atoms with Crippen molar-refractivity contribution in [1.82, 2.24) is 58.1 Å². The van der Waals surface area contributed by atoms with Crippen LogP contribution in [-0.2, 0) is 109 Å².